The summed E-state index contributed by atoms with van der Waals surface area (Å²) in [6, 6.07) is 8.78. The first kappa shape index (κ1) is 14.0. The van der Waals surface area contributed by atoms with E-state index in [2.05, 4.69) is 34.5 Å². The van der Waals surface area contributed by atoms with Gasteiger partial charge in [0.15, 0.2) is 0 Å². The van der Waals surface area contributed by atoms with Crippen molar-refractivity contribution in [3.63, 3.8) is 0 Å². The fourth-order valence-corrected chi connectivity index (χ4v) is 3.48. The Kier molecular flexibility index (Phi) is 4.36. The molecule has 0 aliphatic carbocycles. The molecule has 0 aromatic heterocycles. The van der Waals surface area contributed by atoms with Crippen LogP contribution >= 0.6 is 0 Å². The lowest BCUT2D eigenvalue weighted by Crippen LogP contribution is -2.36. The number of hydrogen-bond donors (Lipinski definition) is 1. The van der Waals surface area contributed by atoms with E-state index >= 15 is 0 Å². The number of nitrogens with one attached hydrogen (secondary N) is 1. The Morgan fingerprint density at radius 3 is 2.55 bits per heavy atom. The molecule has 2 heterocycles. The van der Waals surface area contributed by atoms with Crippen molar-refractivity contribution in [1.82, 2.24) is 10.2 Å². The van der Waals surface area contributed by atoms with Gasteiger partial charge in [-0.3, -0.25) is 4.90 Å². The summed E-state index contributed by atoms with van der Waals surface area (Å²) >= 11 is 0. The second-order valence-corrected chi connectivity index (χ2v) is 5.79. The molecule has 4 heteroatoms. The average Bonchev–Trinajstić information content (AvgIpc) is 2.90. The van der Waals surface area contributed by atoms with Crippen molar-refractivity contribution >= 4 is 0 Å². The van der Waals surface area contributed by atoms with Gasteiger partial charge >= 0.3 is 0 Å². The molecule has 1 N–H and O–H groups in total. The van der Waals surface area contributed by atoms with Crippen LogP contribution in [0.25, 0.3) is 0 Å². The van der Waals surface area contributed by atoms with Gasteiger partial charge in [0.05, 0.1) is 12.2 Å². The fourth-order valence-electron chi connectivity index (χ4n) is 3.48. The van der Waals surface area contributed by atoms with E-state index in [9.17, 15) is 0 Å². The van der Waals surface area contributed by atoms with Crippen LogP contribution in [0.15, 0.2) is 24.3 Å². The minimum absolute atomic E-state index is 0.201. The lowest BCUT2D eigenvalue weighted by Gasteiger charge is -2.29. The van der Waals surface area contributed by atoms with E-state index in [4.69, 9.17) is 9.47 Å². The zero-order valence-corrected chi connectivity index (χ0v) is 12.3. The molecule has 1 aromatic rings. The largest absolute Gasteiger partial charge is 0.377 e. The van der Waals surface area contributed by atoms with Crippen molar-refractivity contribution < 1.29 is 9.47 Å². The first-order valence-corrected chi connectivity index (χ1v) is 7.38. The average molecular weight is 276 g/mol. The van der Waals surface area contributed by atoms with Crippen LogP contribution < -0.4 is 5.32 Å². The predicted molar refractivity (Wildman–Crippen MR) is 78.9 cm³/mol. The maximum absolute atomic E-state index is 5.52. The second-order valence-electron chi connectivity index (χ2n) is 5.79. The molecule has 4 nitrogen and oxygen atoms in total. The summed E-state index contributed by atoms with van der Waals surface area (Å²) in [5.74, 6) is 0.563. The zero-order valence-electron chi connectivity index (χ0n) is 12.3. The molecule has 3 unspecified atom stereocenters. The third-order valence-electron chi connectivity index (χ3n) is 4.58. The van der Waals surface area contributed by atoms with E-state index in [0.717, 1.165) is 32.7 Å². The molecule has 1 aromatic carbocycles. The zero-order chi connectivity index (χ0) is 13.9. The molecule has 1 fully saturated rings. The summed E-state index contributed by atoms with van der Waals surface area (Å²) in [6.45, 7) is 5.06. The monoisotopic (exact) mass is 276 g/mol. The van der Waals surface area contributed by atoms with Crippen LogP contribution in [-0.2, 0) is 16.0 Å². The second kappa shape index (κ2) is 6.22. The molecule has 3 atom stereocenters. The van der Waals surface area contributed by atoms with Gasteiger partial charge in [-0.1, -0.05) is 24.3 Å². The van der Waals surface area contributed by atoms with E-state index in [0.29, 0.717) is 5.92 Å². The molecule has 0 radical (unpaired) electrons. The van der Waals surface area contributed by atoms with E-state index in [1.807, 2.05) is 0 Å². The number of benzene rings is 1. The van der Waals surface area contributed by atoms with Gasteiger partial charge < -0.3 is 14.8 Å². The maximum Gasteiger partial charge on any atom is 0.0971 e. The quantitative estimate of drug-likeness (QED) is 0.896. The molecule has 2 aliphatic rings. The van der Waals surface area contributed by atoms with Crippen molar-refractivity contribution in [3.05, 3.63) is 35.4 Å². The van der Waals surface area contributed by atoms with Crippen LogP contribution in [0.5, 0.6) is 0 Å². The van der Waals surface area contributed by atoms with Crippen molar-refractivity contribution in [3.8, 4) is 0 Å². The van der Waals surface area contributed by atoms with Gasteiger partial charge in [0, 0.05) is 52.9 Å². The van der Waals surface area contributed by atoms with Crippen molar-refractivity contribution in [2.45, 2.75) is 24.7 Å². The number of nitrogens with zero attached hydrogens (tertiary/aromatic N) is 1. The van der Waals surface area contributed by atoms with Crippen LogP contribution in [-0.4, -0.2) is 57.5 Å². The number of methoxy groups -OCH3 is 2. The van der Waals surface area contributed by atoms with Gasteiger partial charge in [-0.05, 0) is 11.1 Å². The molecule has 0 spiro atoms. The van der Waals surface area contributed by atoms with Crippen LogP contribution in [0.4, 0.5) is 0 Å². The summed E-state index contributed by atoms with van der Waals surface area (Å²) < 4.78 is 11.0. The molecule has 0 saturated carbocycles. The Hall–Kier alpha value is -0.940. The maximum atomic E-state index is 5.52. The number of likely N-dealkylation sites (tertiary alicyclic amines) is 1. The van der Waals surface area contributed by atoms with Gasteiger partial charge in [0.1, 0.15) is 0 Å². The Labute approximate surface area is 121 Å². The molecule has 0 bridgehead atoms. The van der Waals surface area contributed by atoms with Gasteiger partial charge in [-0.15, -0.1) is 0 Å². The summed E-state index contributed by atoms with van der Waals surface area (Å²) in [4.78, 5) is 2.47. The molecular weight excluding hydrogens is 252 g/mol. The Morgan fingerprint density at radius 1 is 1.15 bits per heavy atom. The third kappa shape index (κ3) is 2.74. The van der Waals surface area contributed by atoms with Crippen LogP contribution in [0.3, 0.4) is 0 Å². The molecule has 110 valence electrons. The molecule has 1 saturated heterocycles. The first-order chi connectivity index (χ1) is 9.81. The number of ether oxygens (including phenoxy) is 2. The van der Waals surface area contributed by atoms with E-state index in [1.165, 1.54) is 11.1 Å². The summed E-state index contributed by atoms with van der Waals surface area (Å²) in [7, 11) is 3.55. The summed E-state index contributed by atoms with van der Waals surface area (Å²) in [5.41, 5.74) is 2.94. The van der Waals surface area contributed by atoms with E-state index in [-0.39, 0.29) is 12.2 Å². The summed E-state index contributed by atoms with van der Waals surface area (Å²) in [5, 5.41) is 3.53. The third-order valence-corrected chi connectivity index (χ3v) is 4.58. The topological polar surface area (TPSA) is 33.7 Å². The number of rotatable bonds is 4. The molecule has 2 aliphatic heterocycles. The highest BCUT2D eigenvalue weighted by molar-refractivity contribution is 5.33. The number of hydrogen-bond acceptors (Lipinski definition) is 4. The van der Waals surface area contributed by atoms with E-state index in [1.54, 1.807) is 14.2 Å². The lowest BCUT2D eigenvalue weighted by atomic mass is 9.90. The fraction of sp³-hybridized carbons (Fsp3) is 0.625. The minimum atomic E-state index is 0.201. The van der Waals surface area contributed by atoms with Crippen LogP contribution in [0, 0.1) is 0 Å². The lowest BCUT2D eigenvalue weighted by molar-refractivity contribution is -0.00461. The smallest absolute Gasteiger partial charge is 0.0971 e. The summed E-state index contributed by atoms with van der Waals surface area (Å²) in [6.07, 6.45) is 0.401. The molecular formula is C16H24N2O2. The Bertz CT molecular complexity index is 440. The van der Waals surface area contributed by atoms with Crippen molar-refractivity contribution in [2.24, 2.45) is 0 Å². The molecule has 20 heavy (non-hydrogen) atoms. The van der Waals surface area contributed by atoms with Gasteiger partial charge in [0.2, 0.25) is 0 Å². The van der Waals surface area contributed by atoms with Crippen LogP contribution in [0.1, 0.15) is 17.0 Å². The van der Waals surface area contributed by atoms with E-state index < -0.39 is 0 Å². The molecule has 0 amide bonds. The number of fused-ring (bicyclic) bond motifs is 1. The Balaban J connectivity index is 1.68. The molecule has 3 rings (SSSR count). The van der Waals surface area contributed by atoms with Gasteiger partial charge in [0.25, 0.3) is 0 Å². The standard InChI is InChI=1S/C16H24N2O2/c1-19-15-10-18(11-16(15)20-2)9-13-8-17-7-12-5-3-4-6-14(12)13/h3-6,13,15-17H,7-11H2,1-2H3. The highest BCUT2D eigenvalue weighted by atomic mass is 16.5. The highest BCUT2D eigenvalue weighted by Gasteiger charge is 2.34. The minimum Gasteiger partial charge on any atom is -0.377 e. The Morgan fingerprint density at radius 2 is 1.85 bits per heavy atom. The predicted octanol–water partition coefficient (Wildman–Crippen LogP) is 1.22. The highest BCUT2D eigenvalue weighted by Crippen LogP contribution is 2.26. The normalized spacial score (nSPS) is 30.4. The van der Waals surface area contributed by atoms with Gasteiger partial charge in [-0.2, -0.15) is 0 Å². The van der Waals surface area contributed by atoms with Crippen LogP contribution in [0.2, 0.25) is 0 Å². The first-order valence-electron chi connectivity index (χ1n) is 7.38. The van der Waals surface area contributed by atoms with Crippen molar-refractivity contribution in [1.29, 1.82) is 0 Å². The van der Waals surface area contributed by atoms with Gasteiger partial charge in [-0.25, -0.2) is 0 Å². The SMILES string of the molecule is COC1CN(CC2CNCc3ccccc32)CC1OC. The van der Waals surface area contributed by atoms with Crippen molar-refractivity contribution in [2.75, 3.05) is 40.4 Å².